The van der Waals surface area contributed by atoms with E-state index in [-0.39, 0.29) is 5.03 Å². The van der Waals surface area contributed by atoms with Gasteiger partial charge in [-0.1, -0.05) is 25.7 Å². The summed E-state index contributed by atoms with van der Waals surface area (Å²) in [5.41, 5.74) is -1.40. The SMILES string of the molecule is Cn1nccc1S(=O)(=O)NC1(C(=O)O)CCCCCC1. The molecule has 2 rings (SSSR count). The van der Waals surface area contributed by atoms with Crippen LogP contribution in [0.5, 0.6) is 0 Å². The van der Waals surface area contributed by atoms with E-state index in [0.29, 0.717) is 25.7 Å². The molecule has 8 heteroatoms. The summed E-state index contributed by atoms with van der Waals surface area (Å²) in [5.74, 6) is -1.11. The number of aromatic nitrogens is 2. The molecule has 0 unspecified atom stereocenters. The Bertz CT molecular complexity index is 586. The van der Waals surface area contributed by atoms with E-state index in [1.54, 1.807) is 0 Å². The monoisotopic (exact) mass is 301 g/mol. The summed E-state index contributed by atoms with van der Waals surface area (Å²) in [6.45, 7) is 0. The molecule has 1 aliphatic carbocycles. The zero-order valence-corrected chi connectivity index (χ0v) is 12.2. The lowest BCUT2D eigenvalue weighted by Gasteiger charge is -2.28. The number of carbonyl (C=O) groups is 1. The van der Waals surface area contributed by atoms with Crippen LogP contribution in [-0.2, 0) is 21.9 Å². The maximum absolute atomic E-state index is 12.4. The van der Waals surface area contributed by atoms with Crippen molar-refractivity contribution in [3.8, 4) is 0 Å². The third-order valence-corrected chi connectivity index (χ3v) is 5.36. The Labute approximate surface area is 118 Å². The van der Waals surface area contributed by atoms with E-state index in [9.17, 15) is 18.3 Å². The number of hydrogen-bond donors (Lipinski definition) is 2. The van der Waals surface area contributed by atoms with E-state index in [0.717, 1.165) is 12.8 Å². The summed E-state index contributed by atoms with van der Waals surface area (Å²) in [5, 5.41) is 13.3. The molecule has 0 radical (unpaired) electrons. The number of nitrogens with zero attached hydrogens (tertiary/aromatic N) is 2. The fraction of sp³-hybridized carbons (Fsp3) is 0.667. The number of aryl methyl sites for hydroxylation is 1. The summed E-state index contributed by atoms with van der Waals surface area (Å²) in [4.78, 5) is 11.6. The zero-order valence-electron chi connectivity index (χ0n) is 11.4. The van der Waals surface area contributed by atoms with Crippen LogP contribution in [0.15, 0.2) is 17.3 Å². The minimum atomic E-state index is -3.90. The molecule has 20 heavy (non-hydrogen) atoms. The van der Waals surface area contributed by atoms with Gasteiger partial charge in [0, 0.05) is 7.05 Å². The lowest BCUT2D eigenvalue weighted by atomic mass is 9.92. The minimum Gasteiger partial charge on any atom is -0.480 e. The molecular formula is C12H19N3O4S. The highest BCUT2D eigenvalue weighted by Gasteiger charge is 2.42. The number of aliphatic carboxylic acids is 1. The quantitative estimate of drug-likeness (QED) is 0.804. The maximum Gasteiger partial charge on any atom is 0.324 e. The average Bonchev–Trinajstić information content (AvgIpc) is 2.66. The maximum atomic E-state index is 12.4. The Kier molecular flexibility index (Phi) is 4.14. The van der Waals surface area contributed by atoms with E-state index >= 15 is 0 Å². The average molecular weight is 301 g/mol. The Morgan fingerprint density at radius 2 is 1.95 bits per heavy atom. The molecule has 1 aromatic heterocycles. The van der Waals surface area contributed by atoms with Crippen molar-refractivity contribution in [2.24, 2.45) is 7.05 Å². The summed E-state index contributed by atoms with van der Waals surface area (Å²) < 4.78 is 28.4. The van der Waals surface area contributed by atoms with Gasteiger partial charge >= 0.3 is 5.97 Å². The third-order valence-electron chi connectivity index (χ3n) is 3.75. The highest BCUT2D eigenvalue weighted by atomic mass is 32.2. The molecule has 1 saturated carbocycles. The van der Waals surface area contributed by atoms with Crippen molar-refractivity contribution in [2.75, 3.05) is 0 Å². The first-order chi connectivity index (χ1) is 9.37. The topological polar surface area (TPSA) is 101 Å². The smallest absolute Gasteiger partial charge is 0.324 e. The molecule has 112 valence electrons. The summed E-state index contributed by atoms with van der Waals surface area (Å²) in [6.07, 6.45) is 5.29. The molecule has 1 heterocycles. The van der Waals surface area contributed by atoms with Crippen molar-refractivity contribution in [2.45, 2.75) is 49.1 Å². The van der Waals surface area contributed by atoms with Crippen LogP contribution in [0.2, 0.25) is 0 Å². The van der Waals surface area contributed by atoms with Gasteiger partial charge in [0.15, 0.2) is 5.03 Å². The van der Waals surface area contributed by atoms with Crippen LogP contribution in [-0.4, -0.2) is 34.8 Å². The van der Waals surface area contributed by atoms with E-state index in [1.807, 2.05) is 0 Å². The second-order valence-corrected chi connectivity index (χ2v) is 6.83. The van der Waals surface area contributed by atoms with Gasteiger partial charge in [0.1, 0.15) is 5.54 Å². The molecule has 0 aromatic carbocycles. The third kappa shape index (κ3) is 2.85. The normalized spacial score (nSPS) is 19.4. The highest BCUT2D eigenvalue weighted by Crippen LogP contribution is 2.29. The largest absolute Gasteiger partial charge is 0.480 e. The van der Waals surface area contributed by atoms with Crippen molar-refractivity contribution < 1.29 is 18.3 Å². The molecule has 1 aliphatic rings. The standard InChI is InChI=1S/C12H19N3O4S/c1-15-10(6-9-13-15)20(18,19)14-12(11(16)17)7-4-2-3-5-8-12/h6,9,14H,2-5,7-8H2,1H3,(H,16,17). The predicted molar refractivity (Wildman–Crippen MR) is 71.6 cm³/mol. The number of nitrogens with one attached hydrogen (secondary N) is 1. The van der Waals surface area contributed by atoms with Gasteiger partial charge in [-0.15, -0.1) is 0 Å². The molecular weight excluding hydrogens is 282 g/mol. The number of carboxylic acid groups (broad SMARTS) is 1. The molecule has 1 aromatic rings. The van der Waals surface area contributed by atoms with Gasteiger partial charge in [-0.2, -0.15) is 9.82 Å². The van der Waals surface area contributed by atoms with Gasteiger partial charge in [-0.05, 0) is 18.9 Å². The molecule has 0 aliphatic heterocycles. The first kappa shape index (κ1) is 15.0. The van der Waals surface area contributed by atoms with Crippen LogP contribution in [0, 0.1) is 0 Å². The number of rotatable bonds is 4. The van der Waals surface area contributed by atoms with Crippen molar-refractivity contribution in [3.63, 3.8) is 0 Å². The van der Waals surface area contributed by atoms with Crippen molar-refractivity contribution >= 4 is 16.0 Å². The number of carboxylic acids is 1. The van der Waals surface area contributed by atoms with Crippen LogP contribution in [0.25, 0.3) is 0 Å². The minimum absolute atomic E-state index is 0.0256. The molecule has 0 saturated heterocycles. The Hall–Kier alpha value is -1.41. The van der Waals surface area contributed by atoms with Gasteiger partial charge in [-0.25, -0.2) is 8.42 Å². The van der Waals surface area contributed by atoms with Crippen molar-refractivity contribution in [1.29, 1.82) is 0 Å². The fourth-order valence-electron chi connectivity index (χ4n) is 2.63. The predicted octanol–water partition coefficient (Wildman–Crippen LogP) is 0.876. The van der Waals surface area contributed by atoms with Crippen molar-refractivity contribution in [3.05, 3.63) is 12.3 Å². The lowest BCUT2D eigenvalue weighted by Crippen LogP contribution is -2.54. The van der Waals surface area contributed by atoms with Crippen LogP contribution in [0.1, 0.15) is 38.5 Å². The van der Waals surface area contributed by atoms with Crippen LogP contribution in [0.4, 0.5) is 0 Å². The van der Waals surface area contributed by atoms with Gasteiger partial charge < -0.3 is 5.11 Å². The zero-order chi connectivity index (χ0) is 14.8. The fourth-order valence-corrected chi connectivity index (χ4v) is 4.17. The van der Waals surface area contributed by atoms with E-state index in [4.69, 9.17) is 0 Å². The number of hydrogen-bond acceptors (Lipinski definition) is 4. The van der Waals surface area contributed by atoms with Gasteiger partial charge in [0.2, 0.25) is 0 Å². The Morgan fingerprint density at radius 3 is 2.40 bits per heavy atom. The van der Waals surface area contributed by atoms with Gasteiger partial charge in [0.25, 0.3) is 10.0 Å². The molecule has 0 atom stereocenters. The van der Waals surface area contributed by atoms with E-state index < -0.39 is 21.5 Å². The second-order valence-electron chi connectivity index (χ2n) is 5.20. The van der Waals surface area contributed by atoms with Crippen LogP contribution in [0.3, 0.4) is 0 Å². The molecule has 7 nitrogen and oxygen atoms in total. The van der Waals surface area contributed by atoms with Gasteiger partial charge in [0.05, 0.1) is 6.20 Å². The van der Waals surface area contributed by atoms with Gasteiger partial charge in [-0.3, -0.25) is 9.48 Å². The first-order valence-electron chi connectivity index (χ1n) is 6.63. The summed E-state index contributed by atoms with van der Waals surface area (Å²) in [6, 6.07) is 1.36. The van der Waals surface area contributed by atoms with Crippen LogP contribution >= 0.6 is 0 Å². The van der Waals surface area contributed by atoms with E-state index in [1.165, 1.54) is 24.0 Å². The molecule has 0 spiro atoms. The molecule has 1 fully saturated rings. The van der Waals surface area contributed by atoms with Crippen LogP contribution < -0.4 is 4.72 Å². The molecule has 0 bridgehead atoms. The lowest BCUT2D eigenvalue weighted by molar-refractivity contribution is -0.144. The Morgan fingerprint density at radius 1 is 1.35 bits per heavy atom. The molecule has 0 amide bonds. The first-order valence-corrected chi connectivity index (χ1v) is 8.11. The molecule has 2 N–H and O–H groups in total. The summed E-state index contributed by atoms with van der Waals surface area (Å²) in [7, 11) is -2.39. The summed E-state index contributed by atoms with van der Waals surface area (Å²) >= 11 is 0. The Balaban J connectivity index is 2.33. The number of sulfonamides is 1. The van der Waals surface area contributed by atoms with E-state index in [2.05, 4.69) is 9.82 Å². The van der Waals surface area contributed by atoms with Crippen molar-refractivity contribution in [1.82, 2.24) is 14.5 Å². The highest BCUT2D eigenvalue weighted by molar-refractivity contribution is 7.89. The second kappa shape index (κ2) is 5.53.